The van der Waals surface area contributed by atoms with Crippen LogP contribution in [0.5, 0.6) is 0 Å². The Balaban J connectivity index is 1.79. The molecule has 2 amide bonds. The zero-order valence-electron chi connectivity index (χ0n) is 11.2. The molecule has 0 spiro atoms. The van der Waals surface area contributed by atoms with Crippen molar-refractivity contribution in [1.29, 1.82) is 0 Å². The third-order valence-electron chi connectivity index (χ3n) is 4.07. The van der Waals surface area contributed by atoms with Crippen LogP contribution in [0.3, 0.4) is 0 Å². The second kappa shape index (κ2) is 5.44. The minimum atomic E-state index is -0.257. The monoisotopic (exact) mass is 292 g/mol. The maximum atomic E-state index is 12.5. The second-order valence-corrected chi connectivity index (χ2v) is 5.79. The summed E-state index contributed by atoms with van der Waals surface area (Å²) >= 11 is 6.13. The van der Waals surface area contributed by atoms with Gasteiger partial charge < -0.3 is 9.80 Å². The summed E-state index contributed by atoms with van der Waals surface area (Å²) in [6.45, 7) is 1.30. The summed E-state index contributed by atoms with van der Waals surface area (Å²) < 4.78 is 0. The van der Waals surface area contributed by atoms with Crippen molar-refractivity contribution >= 4 is 23.4 Å². The lowest BCUT2D eigenvalue weighted by atomic mass is 9.98. The van der Waals surface area contributed by atoms with Gasteiger partial charge in [-0.1, -0.05) is 29.8 Å². The SMILES string of the molecule is O=C1C2CCCCN2C(=O)CN1Cc1ccccc1Cl. The zero-order chi connectivity index (χ0) is 14.1. The summed E-state index contributed by atoms with van der Waals surface area (Å²) in [4.78, 5) is 28.0. The number of amides is 2. The largest absolute Gasteiger partial charge is 0.329 e. The van der Waals surface area contributed by atoms with E-state index in [1.54, 1.807) is 15.9 Å². The van der Waals surface area contributed by atoms with Gasteiger partial charge in [0.15, 0.2) is 0 Å². The lowest BCUT2D eigenvalue weighted by Crippen LogP contribution is -2.60. The number of piperazine rings is 1. The molecule has 2 fully saturated rings. The fraction of sp³-hybridized carbons (Fsp3) is 0.467. The highest BCUT2D eigenvalue weighted by Crippen LogP contribution is 2.25. The molecule has 1 atom stereocenters. The molecule has 0 aliphatic carbocycles. The first kappa shape index (κ1) is 13.4. The molecule has 1 aromatic rings. The Morgan fingerprint density at radius 1 is 1.20 bits per heavy atom. The van der Waals surface area contributed by atoms with Crippen molar-refractivity contribution in [3.63, 3.8) is 0 Å². The highest BCUT2D eigenvalue weighted by atomic mass is 35.5. The molecule has 0 N–H and O–H groups in total. The molecule has 2 saturated heterocycles. The molecule has 0 saturated carbocycles. The summed E-state index contributed by atoms with van der Waals surface area (Å²) in [6.07, 6.45) is 2.80. The van der Waals surface area contributed by atoms with Crippen molar-refractivity contribution in [3.8, 4) is 0 Å². The molecular weight excluding hydrogens is 276 g/mol. The fourth-order valence-electron chi connectivity index (χ4n) is 3.00. The van der Waals surface area contributed by atoms with Gasteiger partial charge in [0.2, 0.25) is 11.8 Å². The fourth-order valence-corrected chi connectivity index (χ4v) is 3.19. The van der Waals surface area contributed by atoms with Crippen LogP contribution in [0.4, 0.5) is 0 Å². The minimum absolute atomic E-state index is 0.0568. The van der Waals surface area contributed by atoms with E-state index in [1.165, 1.54) is 0 Å². The predicted molar refractivity (Wildman–Crippen MR) is 76.2 cm³/mol. The van der Waals surface area contributed by atoms with Gasteiger partial charge in [-0.25, -0.2) is 0 Å². The van der Waals surface area contributed by atoms with Crippen molar-refractivity contribution in [1.82, 2.24) is 9.80 Å². The average Bonchev–Trinajstić information content (AvgIpc) is 2.47. The van der Waals surface area contributed by atoms with E-state index in [0.717, 1.165) is 31.4 Å². The molecule has 0 aromatic heterocycles. The Morgan fingerprint density at radius 2 is 2.00 bits per heavy atom. The lowest BCUT2D eigenvalue weighted by molar-refractivity contribution is -0.158. The topological polar surface area (TPSA) is 40.6 Å². The van der Waals surface area contributed by atoms with Gasteiger partial charge in [0.05, 0.1) is 0 Å². The van der Waals surface area contributed by atoms with Crippen molar-refractivity contribution < 1.29 is 9.59 Å². The van der Waals surface area contributed by atoms with Gasteiger partial charge in [-0.2, -0.15) is 0 Å². The van der Waals surface area contributed by atoms with E-state index in [2.05, 4.69) is 0 Å². The van der Waals surface area contributed by atoms with E-state index in [1.807, 2.05) is 18.2 Å². The molecule has 4 nitrogen and oxygen atoms in total. The molecule has 5 heteroatoms. The number of fused-ring (bicyclic) bond motifs is 1. The van der Waals surface area contributed by atoms with E-state index in [9.17, 15) is 9.59 Å². The van der Waals surface area contributed by atoms with Gasteiger partial charge in [-0.05, 0) is 30.9 Å². The molecule has 1 aromatic carbocycles. The van der Waals surface area contributed by atoms with Crippen molar-refractivity contribution in [3.05, 3.63) is 34.9 Å². The summed E-state index contributed by atoms with van der Waals surface area (Å²) in [6, 6.07) is 7.20. The van der Waals surface area contributed by atoms with Crippen LogP contribution in [-0.2, 0) is 16.1 Å². The maximum Gasteiger partial charge on any atom is 0.246 e. The van der Waals surface area contributed by atoms with Crippen LogP contribution in [0.1, 0.15) is 24.8 Å². The number of halogens is 1. The van der Waals surface area contributed by atoms with Gasteiger partial charge in [-0.15, -0.1) is 0 Å². The lowest BCUT2D eigenvalue weighted by Gasteiger charge is -2.42. The summed E-state index contributed by atoms with van der Waals surface area (Å²) in [5.41, 5.74) is 0.888. The highest BCUT2D eigenvalue weighted by Gasteiger charge is 2.40. The number of benzene rings is 1. The number of hydrogen-bond donors (Lipinski definition) is 0. The van der Waals surface area contributed by atoms with E-state index in [0.29, 0.717) is 11.6 Å². The van der Waals surface area contributed by atoms with Crippen LogP contribution in [0.15, 0.2) is 24.3 Å². The van der Waals surface area contributed by atoms with Crippen molar-refractivity contribution in [2.24, 2.45) is 0 Å². The summed E-state index contributed by atoms with van der Waals surface area (Å²) in [7, 11) is 0. The minimum Gasteiger partial charge on any atom is -0.329 e. The van der Waals surface area contributed by atoms with E-state index >= 15 is 0 Å². The van der Waals surface area contributed by atoms with E-state index in [-0.39, 0.29) is 24.4 Å². The number of carbonyl (C=O) groups excluding carboxylic acids is 2. The van der Waals surface area contributed by atoms with Crippen molar-refractivity contribution in [2.45, 2.75) is 31.8 Å². The van der Waals surface area contributed by atoms with Crippen LogP contribution < -0.4 is 0 Å². The van der Waals surface area contributed by atoms with E-state index in [4.69, 9.17) is 11.6 Å². The Kier molecular flexibility index (Phi) is 3.66. The number of rotatable bonds is 2. The van der Waals surface area contributed by atoms with Crippen molar-refractivity contribution in [2.75, 3.05) is 13.1 Å². The average molecular weight is 293 g/mol. The van der Waals surface area contributed by atoms with Crippen LogP contribution in [0.2, 0.25) is 5.02 Å². The molecule has 1 unspecified atom stereocenters. The second-order valence-electron chi connectivity index (χ2n) is 5.38. The highest BCUT2D eigenvalue weighted by molar-refractivity contribution is 6.31. The normalized spacial score (nSPS) is 22.9. The number of nitrogens with zero attached hydrogens (tertiary/aromatic N) is 2. The first-order chi connectivity index (χ1) is 9.66. The number of piperidine rings is 1. The quantitative estimate of drug-likeness (QED) is 0.837. The Labute approximate surface area is 123 Å². The molecule has 0 bridgehead atoms. The van der Waals surface area contributed by atoms with Crippen LogP contribution >= 0.6 is 11.6 Å². The van der Waals surface area contributed by atoms with Crippen LogP contribution in [0.25, 0.3) is 0 Å². The van der Waals surface area contributed by atoms with Gasteiger partial charge in [0.1, 0.15) is 12.6 Å². The molecular formula is C15H17ClN2O2. The molecule has 0 radical (unpaired) electrons. The van der Waals surface area contributed by atoms with Gasteiger partial charge >= 0.3 is 0 Å². The van der Waals surface area contributed by atoms with Gasteiger partial charge in [0.25, 0.3) is 0 Å². The van der Waals surface area contributed by atoms with Crippen LogP contribution in [0, 0.1) is 0 Å². The molecule has 2 aliphatic heterocycles. The van der Waals surface area contributed by atoms with E-state index < -0.39 is 0 Å². The smallest absolute Gasteiger partial charge is 0.246 e. The summed E-state index contributed by atoms with van der Waals surface area (Å²) in [5, 5.41) is 0.638. The summed E-state index contributed by atoms with van der Waals surface area (Å²) in [5.74, 6) is 0.116. The molecule has 106 valence electrons. The first-order valence-electron chi connectivity index (χ1n) is 6.98. The Bertz CT molecular complexity index is 546. The third-order valence-corrected chi connectivity index (χ3v) is 4.43. The Hall–Kier alpha value is -1.55. The number of carbonyl (C=O) groups is 2. The van der Waals surface area contributed by atoms with Gasteiger partial charge in [-0.3, -0.25) is 9.59 Å². The standard InChI is InChI=1S/C15H17ClN2O2/c16-12-6-2-1-5-11(12)9-17-10-14(19)18-8-4-3-7-13(18)15(17)20/h1-2,5-6,13H,3-4,7-10H2. The third kappa shape index (κ3) is 2.40. The predicted octanol–water partition coefficient (Wildman–Crippen LogP) is 2.06. The van der Waals surface area contributed by atoms with Crippen LogP contribution in [-0.4, -0.2) is 40.7 Å². The first-order valence-corrected chi connectivity index (χ1v) is 7.36. The molecule has 2 heterocycles. The molecule has 3 rings (SSSR count). The zero-order valence-corrected chi connectivity index (χ0v) is 12.0. The maximum absolute atomic E-state index is 12.5. The molecule has 2 aliphatic rings. The number of hydrogen-bond acceptors (Lipinski definition) is 2. The van der Waals surface area contributed by atoms with Gasteiger partial charge in [0, 0.05) is 18.1 Å². The Morgan fingerprint density at radius 3 is 2.80 bits per heavy atom. The molecule has 20 heavy (non-hydrogen) atoms.